The Morgan fingerprint density at radius 3 is 2.57 bits per heavy atom. The van der Waals surface area contributed by atoms with Crippen LogP contribution in [0.2, 0.25) is 5.02 Å². The fourth-order valence-corrected chi connectivity index (χ4v) is 5.30. The number of rotatable bonds is 5. The van der Waals surface area contributed by atoms with Crippen LogP contribution >= 0.6 is 30.3 Å². The van der Waals surface area contributed by atoms with Gasteiger partial charge in [0.05, 0.1) is 0 Å². The number of amides is 1. The summed E-state index contributed by atoms with van der Waals surface area (Å²) in [6.07, 6.45) is 2.47. The van der Waals surface area contributed by atoms with Gasteiger partial charge in [-0.3, -0.25) is 9.36 Å². The lowest BCUT2D eigenvalue weighted by atomic mass is 10.1. The van der Waals surface area contributed by atoms with Crippen LogP contribution in [0.4, 0.5) is 8.78 Å². The lowest BCUT2D eigenvalue weighted by molar-refractivity contribution is -0.120. The molecule has 4 nitrogen and oxygen atoms in total. The third kappa shape index (κ3) is 4.67. The van der Waals surface area contributed by atoms with Gasteiger partial charge in [0.1, 0.15) is 17.3 Å². The van der Waals surface area contributed by atoms with Crippen LogP contribution in [-0.2, 0) is 9.36 Å². The molecule has 146 valence electrons. The van der Waals surface area contributed by atoms with Gasteiger partial charge < -0.3 is 10.2 Å². The number of fused-ring (bicyclic) bond motifs is 1. The van der Waals surface area contributed by atoms with Crippen molar-refractivity contribution in [2.24, 2.45) is 0 Å². The molecule has 0 saturated heterocycles. The van der Waals surface area contributed by atoms with Gasteiger partial charge in [-0.1, -0.05) is 11.6 Å². The van der Waals surface area contributed by atoms with Crippen molar-refractivity contribution in [2.75, 3.05) is 6.66 Å². The molecule has 0 bridgehead atoms. The summed E-state index contributed by atoms with van der Waals surface area (Å²) in [4.78, 5) is 22.9. The minimum absolute atomic E-state index is 0.200. The SMILES string of the molecule is CP(=O)(O)C(C(=O)N/C=C/c1cc(F)cc(F)c1)c1csc2ccc(Cl)cc12. The third-order valence-electron chi connectivity index (χ3n) is 3.97. The van der Waals surface area contributed by atoms with E-state index in [1.165, 1.54) is 23.6 Å². The summed E-state index contributed by atoms with van der Waals surface area (Å²) >= 11 is 7.36. The van der Waals surface area contributed by atoms with Crippen molar-refractivity contribution in [3.05, 3.63) is 75.8 Å². The highest BCUT2D eigenvalue weighted by molar-refractivity contribution is 7.58. The van der Waals surface area contributed by atoms with Crippen molar-refractivity contribution in [3.8, 4) is 0 Å². The Labute approximate surface area is 168 Å². The molecule has 0 radical (unpaired) electrons. The van der Waals surface area contributed by atoms with Gasteiger partial charge in [0.2, 0.25) is 13.3 Å². The number of benzene rings is 2. The van der Waals surface area contributed by atoms with E-state index in [4.69, 9.17) is 11.6 Å². The summed E-state index contributed by atoms with van der Waals surface area (Å²) in [5.74, 6) is -2.21. The predicted octanol–water partition coefficient (Wildman–Crippen LogP) is 5.56. The average Bonchev–Trinajstić information content (AvgIpc) is 2.95. The van der Waals surface area contributed by atoms with E-state index in [2.05, 4.69) is 5.32 Å². The van der Waals surface area contributed by atoms with Crippen LogP contribution in [0.3, 0.4) is 0 Å². The van der Waals surface area contributed by atoms with E-state index in [9.17, 15) is 23.0 Å². The van der Waals surface area contributed by atoms with Gasteiger partial charge in [-0.2, -0.15) is 0 Å². The van der Waals surface area contributed by atoms with Crippen molar-refractivity contribution in [2.45, 2.75) is 5.66 Å². The van der Waals surface area contributed by atoms with Crippen LogP contribution in [0.25, 0.3) is 16.2 Å². The number of nitrogens with one attached hydrogen (secondary N) is 1. The number of hydrogen-bond acceptors (Lipinski definition) is 3. The Bertz CT molecular complexity index is 1110. The van der Waals surface area contributed by atoms with E-state index in [0.29, 0.717) is 16.0 Å². The molecule has 2 atom stereocenters. The van der Waals surface area contributed by atoms with Gasteiger partial charge in [-0.15, -0.1) is 11.3 Å². The summed E-state index contributed by atoms with van der Waals surface area (Å²) in [6, 6.07) is 8.03. The zero-order valence-electron chi connectivity index (χ0n) is 14.5. The molecule has 1 heterocycles. The second-order valence-electron chi connectivity index (χ2n) is 6.22. The molecule has 3 rings (SSSR count). The minimum atomic E-state index is -3.87. The largest absolute Gasteiger partial charge is 0.344 e. The number of carbonyl (C=O) groups excluding carboxylic acids is 1. The Morgan fingerprint density at radius 1 is 1.25 bits per heavy atom. The highest BCUT2D eigenvalue weighted by Crippen LogP contribution is 2.54. The van der Waals surface area contributed by atoms with Crippen molar-refractivity contribution in [3.63, 3.8) is 0 Å². The molecule has 0 fully saturated rings. The van der Waals surface area contributed by atoms with Gasteiger partial charge in [-0.25, -0.2) is 8.78 Å². The monoisotopic (exact) mass is 441 g/mol. The predicted molar refractivity (Wildman–Crippen MR) is 109 cm³/mol. The Hall–Kier alpha value is -2.05. The smallest absolute Gasteiger partial charge is 0.241 e. The first-order chi connectivity index (χ1) is 13.1. The van der Waals surface area contributed by atoms with E-state index < -0.39 is 30.6 Å². The molecule has 1 amide bonds. The van der Waals surface area contributed by atoms with E-state index in [-0.39, 0.29) is 5.56 Å². The molecule has 0 saturated carbocycles. The lowest BCUT2D eigenvalue weighted by Gasteiger charge is -2.18. The summed E-state index contributed by atoms with van der Waals surface area (Å²) in [7, 11) is -3.87. The molecule has 2 N–H and O–H groups in total. The number of hydrogen-bond donors (Lipinski definition) is 2. The highest BCUT2D eigenvalue weighted by Gasteiger charge is 2.36. The summed E-state index contributed by atoms with van der Waals surface area (Å²) in [6.45, 7) is 1.11. The maximum Gasteiger partial charge on any atom is 0.241 e. The molecule has 0 spiro atoms. The molecule has 0 aliphatic heterocycles. The second kappa shape index (κ2) is 8.13. The molecule has 0 aliphatic carbocycles. The van der Waals surface area contributed by atoms with Crippen LogP contribution in [0.15, 0.2) is 48.0 Å². The molecule has 28 heavy (non-hydrogen) atoms. The van der Waals surface area contributed by atoms with Gasteiger partial charge in [0.25, 0.3) is 0 Å². The Kier molecular flexibility index (Phi) is 6.01. The summed E-state index contributed by atoms with van der Waals surface area (Å²) in [5.41, 5.74) is -0.710. The van der Waals surface area contributed by atoms with Crippen LogP contribution in [0, 0.1) is 11.6 Å². The normalized spacial score (nSPS) is 14.9. The average molecular weight is 442 g/mol. The molecule has 0 aliphatic rings. The number of thiophene rings is 1. The maximum absolute atomic E-state index is 13.2. The fourth-order valence-electron chi connectivity index (χ4n) is 2.82. The second-order valence-corrected chi connectivity index (χ2v) is 9.97. The van der Waals surface area contributed by atoms with Crippen molar-refractivity contribution >= 4 is 52.4 Å². The summed E-state index contributed by atoms with van der Waals surface area (Å²) < 4.78 is 39.7. The van der Waals surface area contributed by atoms with Gasteiger partial charge in [0, 0.05) is 28.7 Å². The van der Waals surface area contributed by atoms with E-state index in [1.807, 2.05) is 0 Å². The Balaban J connectivity index is 1.89. The first-order valence-electron chi connectivity index (χ1n) is 8.05. The van der Waals surface area contributed by atoms with Crippen molar-refractivity contribution in [1.82, 2.24) is 5.32 Å². The molecule has 2 unspecified atom stereocenters. The topological polar surface area (TPSA) is 66.4 Å². The number of halogens is 3. The van der Waals surface area contributed by atoms with Gasteiger partial charge in [0.15, 0.2) is 0 Å². The molecule has 1 aromatic heterocycles. The van der Waals surface area contributed by atoms with E-state index >= 15 is 0 Å². The van der Waals surface area contributed by atoms with Crippen LogP contribution < -0.4 is 5.32 Å². The highest BCUT2D eigenvalue weighted by atomic mass is 35.5. The van der Waals surface area contributed by atoms with Gasteiger partial charge in [-0.05, 0) is 58.3 Å². The standard InChI is InChI=1S/C19H15ClF2NO3PS/c1-27(25,26)18(16-10-28-17-3-2-12(20)8-15(16)17)19(24)23-5-4-11-6-13(21)9-14(22)7-11/h2-10,18H,1H3,(H,23,24)(H,25,26)/b5-4+. The van der Waals surface area contributed by atoms with Crippen LogP contribution in [0.5, 0.6) is 0 Å². The van der Waals surface area contributed by atoms with Gasteiger partial charge >= 0.3 is 0 Å². The Morgan fingerprint density at radius 2 is 1.93 bits per heavy atom. The van der Waals surface area contributed by atoms with Crippen molar-refractivity contribution < 1.29 is 23.0 Å². The fraction of sp³-hybridized carbons (Fsp3) is 0.105. The molecular formula is C19H15ClF2NO3PS. The van der Waals surface area contributed by atoms with Crippen LogP contribution in [0.1, 0.15) is 16.8 Å². The molecule has 2 aromatic carbocycles. The zero-order chi connectivity index (χ0) is 20.5. The first kappa shape index (κ1) is 20.7. The minimum Gasteiger partial charge on any atom is -0.344 e. The van der Waals surface area contributed by atoms with Crippen LogP contribution in [-0.4, -0.2) is 17.5 Å². The van der Waals surface area contributed by atoms with E-state index in [0.717, 1.165) is 29.6 Å². The summed E-state index contributed by atoms with van der Waals surface area (Å²) in [5, 5.41) is 5.15. The molecular weight excluding hydrogens is 427 g/mol. The maximum atomic E-state index is 13.2. The zero-order valence-corrected chi connectivity index (χ0v) is 17.0. The quantitative estimate of drug-likeness (QED) is 0.509. The first-order valence-corrected chi connectivity index (χ1v) is 11.5. The van der Waals surface area contributed by atoms with Crippen molar-refractivity contribution in [1.29, 1.82) is 0 Å². The number of carbonyl (C=O) groups is 1. The lowest BCUT2D eigenvalue weighted by Crippen LogP contribution is -2.25. The van der Waals surface area contributed by atoms with E-state index in [1.54, 1.807) is 23.6 Å². The third-order valence-corrected chi connectivity index (χ3v) is 6.66. The molecule has 9 heteroatoms. The molecule has 3 aromatic rings.